The summed E-state index contributed by atoms with van der Waals surface area (Å²) in [5, 5.41) is -0.401. The lowest BCUT2D eigenvalue weighted by atomic mass is 9.99. The van der Waals surface area contributed by atoms with Crippen molar-refractivity contribution in [1.29, 1.82) is 0 Å². The molecule has 0 radical (unpaired) electrons. The molecule has 0 spiro atoms. The predicted octanol–water partition coefficient (Wildman–Crippen LogP) is 3.44. The number of benzene rings is 1. The van der Waals surface area contributed by atoms with E-state index in [1.165, 1.54) is 27.2 Å². The van der Waals surface area contributed by atoms with E-state index in [1.807, 2.05) is 0 Å². The molecular weight excluding hydrogens is 222 g/mol. The van der Waals surface area contributed by atoms with Crippen molar-refractivity contribution in [3.63, 3.8) is 0 Å². The Kier molecular flexibility index (Phi) is 4.36. The number of hydrogen-bond donors (Lipinski definition) is 0. The Morgan fingerprint density at radius 2 is 1.75 bits per heavy atom. The first kappa shape index (κ1) is 13.0. The molecular formula is C13H18ClNO. The molecule has 0 aliphatic carbocycles. The molecule has 0 N–H and O–H groups in total. The van der Waals surface area contributed by atoms with Gasteiger partial charge in [-0.05, 0) is 61.0 Å². The number of aryl methyl sites for hydroxylation is 3. The van der Waals surface area contributed by atoms with Gasteiger partial charge in [0.05, 0.1) is 0 Å². The number of carbonyl (C=O) groups excluding carboxylic acids is 1. The fourth-order valence-corrected chi connectivity index (χ4v) is 1.75. The molecule has 0 fully saturated rings. The fraction of sp³-hybridized carbons (Fsp3) is 0.462. The summed E-state index contributed by atoms with van der Waals surface area (Å²) in [7, 11) is 1.71. The summed E-state index contributed by atoms with van der Waals surface area (Å²) >= 11 is 5.38. The average Bonchev–Trinajstić information content (AvgIpc) is 2.20. The molecule has 1 rings (SSSR count). The lowest BCUT2D eigenvalue weighted by Crippen LogP contribution is -2.23. The van der Waals surface area contributed by atoms with Gasteiger partial charge in [0.1, 0.15) is 0 Å². The van der Waals surface area contributed by atoms with E-state index in [9.17, 15) is 4.79 Å². The monoisotopic (exact) mass is 239 g/mol. The zero-order chi connectivity index (χ0) is 12.3. The highest BCUT2D eigenvalue weighted by Crippen LogP contribution is 2.16. The second-order valence-corrected chi connectivity index (χ2v) is 4.61. The summed E-state index contributed by atoms with van der Waals surface area (Å²) in [5.41, 5.74) is 5.16. The first-order valence-corrected chi connectivity index (χ1v) is 5.77. The van der Waals surface area contributed by atoms with Crippen molar-refractivity contribution in [3.8, 4) is 0 Å². The normalized spacial score (nSPS) is 10.3. The summed E-state index contributed by atoms with van der Waals surface area (Å²) in [6.45, 7) is 6.98. The van der Waals surface area contributed by atoms with Gasteiger partial charge in [-0.3, -0.25) is 4.79 Å². The van der Waals surface area contributed by atoms with E-state index in [1.54, 1.807) is 7.05 Å². The van der Waals surface area contributed by atoms with Crippen LogP contribution in [0.2, 0.25) is 0 Å². The first-order chi connectivity index (χ1) is 7.41. The standard InChI is InChI=1S/C13H18ClNO/c1-9-7-11(3)12(8-10(9)2)5-6-15(4)13(14)16/h7-8H,5-6H2,1-4H3. The van der Waals surface area contributed by atoms with Gasteiger partial charge in [-0.15, -0.1) is 0 Å². The van der Waals surface area contributed by atoms with Crippen LogP contribution < -0.4 is 0 Å². The van der Waals surface area contributed by atoms with E-state index in [0.717, 1.165) is 6.42 Å². The van der Waals surface area contributed by atoms with E-state index < -0.39 is 5.37 Å². The van der Waals surface area contributed by atoms with Crippen molar-refractivity contribution >= 4 is 17.0 Å². The van der Waals surface area contributed by atoms with Gasteiger partial charge in [0, 0.05) is 13.6 Å². The Morgan fingerprint density at radius 1 is 1.19 bits per heavy atom. The van der Waals surface area contributed by atoms with Gasteiger partial charge < -0.3 is 4.90 Å². The van der Waals surface area contributed by atoms with Crippen LogP contribution in [-0.2, 0) is 6.42 Å². The number of nitrogens with zero attached hydrogens (tertiary/aromatic N) is 1. The third-order valence-electron chi connectivity index (χ3n) is 2.97. The third kappa shape index (κ3) is 3.24. The maximum Gasteiger partial charge on any atom is 0.316 e. The van der Waals surface area contributed by atoms with Crippen molar-refractivity contribution in [1.82, 2.24) is 4.90 Å². The molecule has 0 atom stereocenters. The number of amides is 1. The summed E-state index contributed by atoms with van der Waals surface area (Å²) in [6.07, 6.45) is 0.849. The molecule has 0 aliphatic rings. The lowest BCUT2D eigenvalue weighted by molar-refractivity contribution is 0.232. The molecule has 0 heterocycles. The van der Waals surface area contributed by atoms with E-state index in [0.29, 0.717) is 6.54 Å². The SMILES string of the molecule is Cc1cc(C)c(CCN(C)C(=O)Cl)cc1C. The van der Waals surface area contributed by atoms with Crippen molar-refractivity contribution in [2.45, 2.75) is 27.2 Å². The zero-order valence-corrected chi connectivity index (χ0v) is 11.1. The summed E-state index contributed by atoms with van der Waals surface area (Å²) in [5.74, 6) is 0. The highest BCUT2D eigenvalue weighted by molar-refractivity contribution is 6.62. The second kappa shape index (κ2) is 5.35. The summed E-state index contributed by atoms with van der Waals surface area (Å²) in [6, 6.07) is 4.38. The summed E-state index contributed by atoms with van der Waals surface area (Å²) in [4.78, 5) is 12.4. The number of rotatable bonds is 3. The van der Waals surface area contributed by atoms with Crippen molar-refractivity contribution in [2.75, 3.05) is 13.6 Å². The van der Waals surface area contributed by atoms with Gasteiger partial charge in [-0.25, -0.2) is 0 Å². The fourth-order valence-electron chi connectivity index (χ4n) is 1.67. The van der Waals surface area contributed by atoms with Crippen LogP contribution in [0.4, 0.5) is 4.79 Å². The second-order valence-electron chi connectivity index (χ2n) is 4.29. The molecule has 3 heteroatoms. The molecule has 2 nitrogen and oxygen atoms in total. The van der Waals surface area contributed by atoms with Crippen LogP contribution in [0.15, 0.2) is 12.1 Å². The number of carbonyl (C=O) groups is 1. The number of hydrogen-bond acceptors (Lipinski definition) is 1. The Bertz CT molecular complexity index is 401. The maximum atomic E-state index is 10.9. The van der Waals surface area contributed by atoms with Crippen LogP contribution >= 0.6 is 11.6 Å². The quantitative estimate of drug-likeness (QED) is 0.585. The molecule has 1 aromatic carbocycles. The van der Waals surface area contributed by atoms with Crippen LogP contribution in [0.3, 0.4) is 0 Å². The molecule has 0 unspecified atom stereocenters. The van der Waals surface area contributed by atoms with Gasteiger partial charge >= 0.3 is 5.37 Å². The van der Waals surface area contributed by atoms with Gasteiger partial charge in [0.25, 0.3) is 0 Å². The first-order valence-electron chi connectivity index (χ1n) is 5.39. The van der Waals surface area contributed by atoms with Crippen LogP contribution in [0, 0.1) is 20.8 Å². The molecule has 0 bridgehead atoms. The molecule has 0 aromatic heterocycles. The predicted molar refractivity (Wildman–Crippen MR) is 68.2 cm³/mol. The molecule has 88 valence electrons. The van der Waals surface area contributed by atoms with E-state index in [-0.39, 0.29) is 0 Å². The smallest absolute Gasteiger partial charge is 0.316 e. The topological polar surface area (TPSA) is 20.3 Å². The highest BCUT2D eigenvalue weighted by atomic mass is 35.5. The van der Waals surface area contributed by atoms with Gasteiger partial charge in [-0.1, -0.05) is 12.1 Å². The molecule has 1 amide bonds. The van der Waals surface area contributed by atoms with Gasteiger partial charge in [0.2, 0.25) is 0 Å². The van der Waals surface area contributed by atoms with E-state index in [4.69, 9.17) is 11.6 Å². The van der Waals surface area contributed by atoms with Gasteiger partial charge in [-0.2, -0.15) is 0 Å². The molecule has 0 saturated carbocycles. The van der Waals surface area contributed by atoms with Crippen molar-refractivity contribution in [2.24, 2.45) is 0 Å². The minimum Gasteiger partial charge on any atom is -0.332 e. The maximum absolute atomic E-state index is 10.9. The Morgan fingerprint density at radius 3 is 2.31 bits per heavy atom. The van der Waals surface area contributed by atoms with Crippen LogP contribution in [0.5, 0.6) is 0 Å². The number of halogens is 1. The summed E-state index contributed by atoms with van der Waals surface area (Å²) < 4.78 is 0. The molecule has 16 heavy (non-hydrogen) atoms. The van der Waals surface area contributed by atoms with Crippen molar-refractivity contribution in [3.05, 3.63) is 34.4 Å². The van der Waals surface area contributed by atoms with E-state index in [2.05, 4.69) is 32.9 Å². The Labute approximate surface area is 102 Å². The minimum atomic E-state index is -0.401. The van der Waals surface area contributed by atoms with E-state index >= 15 is 0 Å². The number of likely N-dealkylation sites (N-methyl/N-ethyl adjacent to an activating group) is 1. The lowest BCUT2D eigenvalue weighted by Gasteiger charge is -2.15. The Balaban J connectivity index is 2.74. The van der Waals surface area contributed by atoms with Crippen LogP contribution in [0.1, 0.15) is 22.3 Å². The van der Waals surface area contributed by atoms with Crippen molar-refractivity contribution < 1.29 is 4.79 Å². The molecule has 0 aliphatic heterocycles. The van der Waals surface area contributed by atoms with Crippen LogP contribution in [0.25, 0.3) is 0 Å². The minimum absolute atomic E-state index is 0.401. The highest BCUT2D eigenvalue weighted by Gasteiger charge is 2.06. The molecule has 0 saturated heterocycles. The largest absolute Gasteiger partial charge is 0.332 e. The zero-order valence-electron chi connectivity index (χ0n) is 10.3. The molecule has 1 aromatic rings. The average molecular weight is 240 g/mol. The van der Waals surface area contributed by atoms with Gasteiger partial charge in [0.15, 0.2) is 0 Å². The third-order valence-corrected chi connectivity index (χ3v) is 3.26. The van der Waals surface area contributed by atoms with Crippen LogP contribution in [-0.4, -0.2) is 23.9 Å². The Hall–Kier alpha value is -1.02.